The standard InChI is InChI=1S/C25H39N5O5S2/c1-16(2)29-22(32)14-36-8-6-26-24(34)20-10-19(13-28-18(5)31)11-21(12-20)25(35)27-7-9-37-15-23(33)30-17(3)4/h10-12,16-17H,6-9,13-15H2,1-5H3,(H,26,34)(H,27,35)(H,28,31)(H,29,32)(H,30,33). The molecule has 0 aromatic heterocycles. The zero-order valence-corrected chi connectivity index (χ0v) is 23.8. The quantitative estimate of drug-likeness (QED) is 0.194. The first kappa shape index (κ1) is 32.3. The Morgan fingerprint density at radius 2 is 1.14 bits per heavy atom. The first-order valence-corrected chi connectivity index (χ1v) is 14.5. The summed E-state index contributed by atoms with van der Waals surface area (Å²) in [5, 5.41) is 13.9. The van der Waals surface area contributed by atoms with Crippen molar-refractivity contribution >= 4 is 53.1 Å². The van der Waals surface area contributed by atoms with Crippen molar-refractivity contribution in [2.45, 2.75) is 53.2 Å². The molecule has 37 heavy (non-hydrogen) atoms. The van der Waals surface area contributed by atoms with Crippen LogP contribution in [-0.4, -0.2) is 77.7 Å². The molecule has 5 amide bonds. The number of rotatable bonds is 16. The van der Waals surface area contributed by atoms with Crippen molar-refractivity contribution in [3.05, 3.63) is 34.9 Å². The Labute approximate surface area is 227 Å². The van der Waals surface area contributed by atoms with E-state index >= 15 is 0 Å². The van der Waals surface area contributed by atoms with Gasteiger partial charge in [0.25, 0.3) is 11.8 Å². The average Bonchev–Trinajstić information content (AvgIpc) is 2.80. The Balaban J connectivity index is 2.66. The van der Waals surface area contributed by atoms with Gasteiger partial charge in [-0.2, -0.15) is 23.5 Å². The zero-order valence-electron chi connectivity index (χ0n) is 22.2. The van der Waals surface area contributed by atoms with Crippen LogP contribution in [0.2, 0.25) is 0 Å². The molecule has 12 heteroatoms. The fraction of sp³-hybridized carbons (Fsp3) is 0.560. The van der Waals surface area contributed by atoms with Gasteiger partial charge >= 0.3 is 0 Å². The number of nitrogens with one attached hydrogen (secondary N) is 5. The lowest BCUT2D eigenvalue weighted by molar-refractivity contribution is -0.119. The van der Waals surface area contributed by atoms with Crippen molar-refractivity contribution < 1.29 is 24.0 Å². The highest BCUT2D eigenvalue weighted by Gasteiger charge is 2.14. The van der Waals surface area contributed by atoms with Gasteiger partial charge in [0.1, 0.15) is 0 Å². The van der Waals surface area contributed by atoms with Gasteiger partial charge in [0.05, 0.1) is 11.5 Å². The average molecular weight is 554 g/mol. The second-order valence-electron chi connectivity index (χ2n) is 8.89. The molecule has 0 saturated heterocycles. The maximum Gasteiger partial charge on any atom is 0.251 e. The third-order valence-corrected chi connectivity index (χ3v) is 6.41. The number of hydrogen-bond acceptors (Lipinski definition) is 7. The number of hydrogen-bond donors (Lipinski definition) is 5. The number of carbonyl (C=O) groups excluding carboxylic acids is 5. The van der Waals surface area contributed by atoms with Crippen molar-refractivity contribution in [2.75, 3.05) is 36.1 Å². The number of amides is 5. The van der Waals surface area contributed by atoms with Gasteiger partial charge < -0.3 is 26.6 Å². The van der Waals surface area contributed by atoms with Gasteiger partial charge in [0, 0.05) is 61.3 Å². The molecular weight excluding hydrogens is 514 g/mol. The van der Waals surface area contributed by atoms with Crippen LogP contribution in [0.25, 0.3) is 0 Å². The second kappa shape index (κ2) is 17.7. The maximum absolute atomic E-state index is 12.7. The molecule has 0 unspecified atom stereocenters. The van der Waals surface area contributed by atoms with Crippen molar-refractivity contribution in [1.82, 2.24) is 26.6 Å². The largest absolute Gasteiger partial charge is 0.353 e. The van der Waals surface area contributed by atoms with Crippen molar-refractivity contribution in [2.24, 2.45) is 0 Å². The summed E-state index contributed by atoms with van der Waals surface area (Å²) in [5.41, 5.74) is 1.22. The molecule has 1 rings (SSSR count). The maximum atomic E-state index is 12.7. The molecule has 0 heterocycles. The topological polar surface area (TPSA) is 146 Å². The summed E-state index contributed by atoms with van der Waals surface area (Å²) < 4.78 is 0. The van der Waals surface area contributed by atoms with E-state index in [0.29, 0.717) is 52.8 Å². The fourth-order valence-corrected chi connectivity index (χ4v) is 4.34. The number of benzene rings is 1. The molecule has 0 fully saturated rings. The Morgan fingerprint density at radius 3 is 1.51 bits per heavy atom. The third-order valence-electron chi connectivity index (χ3n) is 4.49. The molecule has 0 saturated carbocycles. The van der Waals surface area contributed by atoms with Gasteiger partial charge in [-0.15, -0.1) is 0 Å². The predicted octanol–water partition coefficient (Wildman–Crippen LogP) is 1.30. The van der Waals surface area contributed by atoms with E-state index < -0.39 is 0 Å². The van der Waals surface area contributed by atoms with E-state index in [1.807, 2.05) is 27.7 Å². The summed E-state index contributed by atoms with van der Waals surface area (Å²) in [5.74, 6) is 0.714. The lowest BCUT2D eigenvalue weighted by atomic mass is 10.0. The Kier molecular flexibility index (Phi) is 15.4. The van der Waals surface area contributed by atoms with Crippen LogP contribution in [0.5, 0.6) is 0 Å². The molecule has 206 valence electrons. The van der Waals surface area contributed by atoms with E-state index in [9.17, 15) is 24.0 Å². The van der Waals surface area contributed by atoms with Crippen LogP contribution in [0, 0.1) is 0 Å². The van der Waals surface area contributed by atoms with E-state index in [0.717, 1.165) is 0 Å². The minimum Gasteiger partial charge on any atom is -0.353 e. The molecule has 5 N–H and O–H groups in total. The molecule has 0 radical (unpaired) electrons. The summed E-state index contributed by atoms with van der Waals surface area (Å²) in [6.45, 7) is 9.86. The monoisotopic (exact) mass is 553 g/mol. The minimum absolute atomic E-state index is 0.0510. The third kappa shape index (κ3) is 15.2. The summed E-state index contributed by atoms with van der Waals surface area (Å²) in [7, 11) is 0. The number of carbonyl (C=O) groups is 5. The molecule has 0 aliphatic carbocycles. The zero-order chi connectivity index (χ0) is 27.8. The highest BCUT2D eigenvalue weighted by atomic mass is 32.2. The molecule has 0 spiro atoms. The van der Waals surface area contributed by atoms with E-state index in [-0.39, 0.29) is 48.2 Å². The lowest BCUT2D eigenvalue weighted by Gasteiger charge is -2.12. The summed E-state index contributed by atoms with van der Waals surface area (Å²) >= 11 is 2.83. The lowest BCUT2D eigenvalue weighted by Crippen LogP contribution is -2.32. The van der Waals surface area contributed by atoms with Crippen LogP contribution in [0.4, 0.5) is 0 Å². The summed E-state index contributed by atoms with van der Waals surface area (Å²) in [6, 6.07) is 4.94. The molecular formula is C25H39N5O5S2. The van der Waals surface area contributed by atoms with Crippen LogP contribution in [-0.2, 0) is 20.9 Å². The van der Waals surface area contributed by atoms with Gasteiger partial charge in [-0.25, -0.2) is 0 Å². The summed E-state index contributed by atoms with van der Waals surface area (Å²) in [4.78, 5) is 60.2. The Hall–Kier alpha value is -2.73. The summed E-state index contributed by atoms with van der Waals surface area (Å²) in [6.07, 6.45) is 0. The van der Waals surface area contributed by atoms with Gasteiger partial charge in [-0.3, -0.25) is 24.0 Å². The second-order valence-corrected chi connectivity index (χ2v) is 11.1. The van der Waals surface area contributed by atoms with Gasteiger partial charge in [0.2, 0.25) is 17.7 Å². The van der Waals surface area contributed by atoms with Crippen LogP contribution in [0.3, 0.4) is 0 Å². The van der Waals surface area contributed by atoms with E-state index in [1.54, 1.807) is 12.1 Å². The highest BCUT2D eigenvalue weighted by molar-refractivity contribution is 8.00. The van der Waals surface area contributed by atoms with E-state index in [1.165, 1.54) is 36.5 Å². The first-order valence-electron chi connectivity index (χ1n) is 12.2. The van der Waals surface area contributed by atoms with Crippen LogP contribution in [0.15, 0.2) is 18.2 Å². The van der Waals surface area contributed by atoms with E-state index in [4.69, 9.17) is 0 Å². The fourth-order valence-electron chi connectivity index (χ4n) is 3.02. The minimum atomic E-state index is -0.349. The Bertz CT molecular complexity index is 878. The van der Waals surface area contributed by atoms with Crippen molar-refractivity contribution in [3.63, 3.8) is 0 Å². The van der Waals surface area contributed by atoms with Crippen LogP contribution < -0.4 is 26.6 Å². The van der Waals surface area contributed by atoms with Crippen molar-refractivity contribution in [1.29, 1.82) is 0 Å². The molecule has 10 nitrogen and oxygen atoms in total. The normalized spacial score (nSPS) is 10.7. The molecule has 0 atom stereocenters. The van der Waals surface area contributed by atoms with Crippen LogP contribution in [0.1, 0.15) is 60.9 Å². The van der Waals surface area contributed by atoms with E-state index in [2.05, 4.69) is 26.6 Å². The molecule has 0 aliphatic heterocycles. The van der Waals surface area contributed by atoms with Gasteiger partial charge in [-0.05, 0) is 51.5 Å². The Morgan fingerprint density at radius 1 is 0.703 bits per heavy atom. The number of thioether (sulfide) groups is 2. The van der Waals surface area contributed by atoms with Crippen molar-refractivity contribution in [3.8, 4) is 0 Å². The van der Waals surface area contributed by atoms with Crippen LogP contribution >= 0.6 is 23.5 Å². The molecule has 0 aliphatic rings. The first-order chi connectivity index (χ1) is 17.5. The molecule has 1 aromatic rings. The molecule has 0 bridgehead atoms. The SMILES string of the molecule is CC(=O)NCc1cc(C(=O)NCCSCC(=O)NC(C)C)cc(C(=O)NCCSCC(=O)NC(C)C)c1. The smallest absolute Gasteiger partial charge is 0.251 e. The van der Waals surface area contributed by atoms with Gasteiger partial charge in [-0.1, -0.05) is 0 Å². The highest BCUT2D eigenvalue weighted by Crippen LogP contribution is 2.12. The predicted molar refractivity (Wildman–Crippen MR) is 150 cm³/mol. The van der Waals surface area contributed by atoms with Gasteiger partial charge in [0.15, 0.2) is 0 Å². The molecule has 1 aromatic carbocycles.